The molecule has 2 rings (SSSR count). The molecule has 0 unspecified atom stereocenters. The first kappa shape index (κ1) is 14.9. The van der Waals surface area contributed by atoms with Crippen molar-refractivity contribution >= 4 is 23.1 Å². The van der Waals surface area contributed by atoms with Crippen LogP contribution in [0.1, 0.15) is 28.8 Å². The highest BCUT2D eigenvalue weighted by Crippen LogP contribution is 2.17. The van der Waals surface area contributed by atoms with Crippen LogP contribution in [-0.4, -0.2) is 53.9 Å². The molecular formula is C15H21N3OS. The van der Waals surface area contributed by atoms with Crippen LogP contribution in [0.15, 0.2) is 24.3 Å². The van der Waals surface area contributed by atoms with E-state index in [1.165, 1.54) is 0 Å². The Balaban J connectivity index is 2.04. The van der Waals surface area contributed by atoms with Gasteiger partial charge in [0.1, 0.15) is 4.99 Å². The quantitative estimate of drug-likeness (QED) is 0.857. The molecule has 1 aromatic carbocycles. The molecule has 2 N–H and O–H groups in total. The molecule has 1 heterocycles. The van der Waals surface area contributed by atoms with E-state index < -0.39 is 0 Å². The average Bonchev–Trinajstić information content (AvgIpc) is 2.46. The molecule has 20 heavy (non-hydrogen) atoms. The summed E-state index contributed by atoms with van der Waals surface area (Å²) < 4.78 is 0. The summed E-state index contributed by atoms with van der Waals surface area (Å²) in [6.45, 7) is 2.09. The van der Waals surface area contributed by atoms with Gasteiger partial charge in [0, 0.05) is 24.2 Å². The monoisotopic (exact) mass is 291 g/mol. The van der Waals surface area contributed by atoms with Gasteiger partial charge in [0.2, 0.25) is 0 Å². The molecule has 5 heteroatoms. The fourth-order valence-corrected chi connectivity index (χ4v) is 2.66. The summed E-state index contributed by atoms with van der Waals surface area (Å²) in [5.41, 5.74) is 7.04. The van der Waals surface area contributed by atoms with E-state index in [9.17, 15) is 4.79 Å². The zero-order valence-corrected chi connectivity index (χ0v) is 12.8. The summed E-state index contributed by atoms with van der Waals surface area (Å²) in [4.78, 5) is 17.0. The molecule has 108 valence electrons. The van der Waals surface area contributed by atoms with Gasteiger partial charge in [-0.3, -0.25) is 4.79 Å². The number of carbonyl (C=O) groups excluding carboxylic acids is 1. The summed E-state index contributed by atoms with van der Waals surface area (Å²) in [7, 11) is 4.01. The van der Waals surface area contributed by atoms with E-state index in [2.05, 4.69) is 11.9 Å². The molecule has 0 spiro atoms. The summed E-state index contributed by atoms with van der Waals surface area (Å²) >= 11 is 4.91. The predicted molar refractivity (Wildman–Crippen MR) is 84.9 cm³/mol. The first-order valence-electron chi connectivity index (χ1n) is 6.84. The number of carbonyl (C=O) groups is 1. The van der Waals surface area contributed by atoms with Crippen LogP contribution >= 0.6 is 12.2 Å². The van der Waals surface area contributed by atoms with Crippen LogP contribution in [0.2, 0.25) is 0 Å². The molecule has 0 radical (unpaired) electrons. The standard InChI is InChI=1S/C15H21N3OS/c1-17-9-7-13(8-10-17)18(2)15(19)12-5-3-11(4-6-12)14(16)20/h3-6,13H,7-10H2,1-2H3,(H2,16,20). The van der Waals surface area contributed by atoms with Crippen LogP contribution in [0, 0.1) is 0 Å². The lowest BCUT2D eigenvalue weighted by Crippen LogP contribution is -2.44. The first-order valence-corrected chi connectivity index (χ1v) is 7.25. The second-order valence-corrected chi connectivity index (χ2v) is 5.83. The summed E-state index contributed by atoms with van der Waals surface area (Å²) in [5.74, 6) is 0.0639. The smallest absolute Gasteiger partial charge is 0.253 e. The van der Waals surface area contributed by atoms with E-state index in [0.717, 1.165) is 31.5 Å². The highest BCUT2D eigenvalue weighted by Gasteiger charge is 2.24. The van der Waals surface area contributed by atoms with Crippen molar-refractivity contribution in [1.29, 1.82) is 0 Å². The maximum atomic E-state index is 12.5. The molecular weight excluding hydrogens is 270 g/mol. The second-order valence-electron chi connectivity index (χ2n) is 5.39. The number of amides is 1. The maximum absolute atomic E-state index is 12.5. The number of rotatable bonds is 3. The molecule has 0 aliphatic carbocycles. The number of piperidine rings is 1. The largest absolute Gasteiger partial charge is 0.389 e. The zero-order chi connectivity index (χ0) is 14.7. The SMILES string of the molecule is CN1CCC(N(C)C(=O)c2ccc(C(N)=S)cc2)CC1. The van der Waals surface area contributed by atoms with Gasteiger partial charge in [0.15, 0.2) is 0 Å². The number of likely N-dealkylation sites (tertiary alicyclic amines) is 1. The maximum Gasteiger partial charge on any atom is 0.253 e. The fraction of sp³-hybridized carbons (Fsp3) is 0.467. The minimum Gasteiger partial charge on any atom is -0.389 e. The molecule has 0 bridgehead atoms. The highest BCUT2D eigenvalue weighted by molar-refractivity contribution is 7.80. The van der Waals surface area contributed by atoms with Crippen LogP contribution in [-0.2, 0) is 0 Å². The highest BCUT2D eigenvalue weighted by atomic mass is 32.1. The number of hydrogen-bond acceptors (Lipinski definition) is 3. The van der Waals surface area contributed by atoms with Crippen LogP contribution in [0.25, 0.3) is 0 Å². The third-order valence-corrected chi connectivity index (χ3v) is 4.21. The van der Waals surface area contributed by atoms with E-state index in [1.54, 1.807) is 24.3 Å². The van der Waals surface area contributed by atoms with Crippen molar-refractivity contribution in [3.8, 4) is 0 Å². The van der Waals surface area contributed by atoms with Gasteiger partial charge in [-0.15, -0.1) is 0 Å². The van der Waals surface area contributed by atoms with E-state index in [4.69, 9.17) is 18.0 Å². The summed E-state index contributed by atoms with van der Waals surface area (Å²) in [6.07, 6.45) is 2.06. The Hall–Kier alpha value is -1.46. The molecule has 1 saturated heterocycles. The van der Waals surface area contributed by atoms with Gasteiger partial charge in [-0.25, -0.2) is 0 Å². The van der Waals surface area contributed by atoms with Crippen molar-refractivity contribution in [1.82, 2.24) is 9.80 Å². The Bertz CT molecular complexity index is 492. The molecule has 0 atom stereocenters. The van der Waals surface area contributed by atoms with Gasteiger partial charge in [0.25, 0.3) is 5.91 Å². The lowest BCUT2D eigenvalue weighted by molar-refractivity contribution is 0.0659. The van der Waals surface area contributed by atoms with E-state index >= 15 is 0 Å². The van der Waals surface area contributed by atoms with Crippen molar-refractivity contribution in [2.24, 2.45) is 5.73 Å². The molecule has 4 nitrogen and oxygen atoms in total. The van der Waals surface area contributed by atoms with Crippen LogP contribution < -0.4 is 5.73 Å². The van der Waals surface area contributed by atoms with Gasteiger partial charge >= 0.3 is 0 Å². The fourth-order valence-electron chi connectivity index (χ4n) is 2.53. The number of nitrogens with two attached hydrogens (primary N) is 1. The topological polar surface area (TPSA) is 49.6 Å². The van der Waals surface area contributed by atoms with E-state index in [-0.39, 0.29) is 5.91 Å². The number of hydrogen-bond donors (Lipinski definition) is 1. The van der Waals surface area contributed by atoms with Crippen molar-refractivity contribution in [2.75, 3.05) is 27.2 Å². The zero-order valence-electron chi connectivity index (χ0n) is 12.0. The van der Waals surface area contributed by atoms with Gasteiger partial charge < -0.3 is 15.5 Å². The molecule has 1 fully saturated rings. The third kappa shape index (κ3) is 3.35. The Labute approximate surface area is 125 Å². The Morgan fingerprint density at radius 3 is 2.25 bits per heavy atom. The van der Waals surface area contributed by atoms with Crippen molar-refractivity contribution < 1.29 is 4.79 Å². The van der Waals surface area contributed by atoms with Crippen molar-refractivity contribution in [2.45, 2.75) is 18.9 Å². The van der Waals surface area contributed by atoms with Gasteiger partial charge in [-0.2, -0.15) is 0 Å². The molecule has 0 saturated carbocycles. The minimum absolute atomic E-state index is 0.0639. The Morgan fingerprint density at radius 1 is 1.25 bits per heavy atom. The molecule has 0 aromatic heterocycles. The second kappa shape index (κ2) is 6.33. The van der Waals surface area contributed by atoms with Gasteiger partial charge in [-0.05, 0) is 45.1 Å². The van der Waals surface area contributed by atoms with Crippen LogP contribution in [0.4, 0.5) is 0 Å². The van der Waals surface area contributed by atoms with E-state index in [1.807, 2.05) is 11.9 Å². The van der Waals surface area contributed by atoms with Crippen molar-refractivity contribution in [3.05, 3.63) is 35.4 Å². The number of thiocarbonyl (C=S) groups is 1. The van der Waals surface area contributed by atoms with E-state index in [0.29, 0.717) is 16.6 Å². The van der Waals surface area contributed by atoms with Crippen LogP contribution in [0.3, 0.4) is 0 Å². The molecule has 1 amide bonds. The normalized spacial score (nSPS) is 16.9. The van der Waals surface area contributed by atoms with Gasteiger partial charge in [0.05, 0.1) is 0 Å². The Morgan fingerprint density at radius 2 is 1.75 bits per heavy atom. The lowest BCUT2D eigenvalue weighted by atomic mass is 10.0. The number of benzene rings is 1. The molecule has 1 aromatic rings. The van der Waals surface area contributed by atoms with Crippen molar-refractivity contribution in [3.63, 3.8) is 0 Å². The average molecular weight is 291 g/mol. The summed E-state index contributed by atoms with van der Waals surface area (Å²) in [5, 5.41) is 0. The van der Waals surface area contributed by atoms with Gasteiger partial charge in [-0.1, -0.05) is 24.4 Å². The minimum atomic E-state index is 0.0639. The third-order valence-electron chi connectivity index (χ3n) is 3.97. The Kier molecular flexibility index (Phi) is 4.73. The first-order chi connectivity index (χ1) is 9.49. The lowest BCUT2D eigenvalue weighted by Gasteiger charge is -2.35. The van der Waals surface area contributed by atoms with Crippen LogP contribution in [0.5, 0.6) is 0 Å². The predicted octanol–water partition coefficient (Wildman–Crippen LogP) is 1.49. The molecule has 1 aliphatic heterocycles. The number of nitrogens with zero attached hydrogens (tertiary/aromatic N) is 2. The molecule has 1 aliphatic rings. The summed E-state index contributed by atoms with van der Waals surface area (Å²) in [6, 6.07) is 7.52.